The molecule has 4 rings (SSSR count). The highest BCUT2D eigenvalue weighted by atomic mass is 32.2. The number of amides is 1. The molecule has 1 amide bonds. The molecule has 0 bridgehead atoms. The Hall–Kier alpha value is -3.02. The van der Waals surface area contributed by atoms with Crippen LogP contribution >= 0.6 is 11.3 Å². The standard InChI is InChI=1S/C23H27N5O4S2/c1-3-32-19-6-4-5-17(13-19)18-14-20(33-16-18)15-27-9-11-28(12-10-27)22-8-7-21(24-25-22)23(29)26-34(2,30)31/h4-8,13-14,16H,3,9-12,15H2,1-2H3,(H,26,29). The van der Waals surface area contributed by atoms with Gasteiger partial charge in [-0.2, -0.15) is 0 Å². The number of sulfonamides is 1. The molecular formula is C23H27N5O4S2. The molecule has 11 heteroatoms. The van der Waals surface area contributed by atoms with Gasteiger partial charge in [0.25, 0.3) is 5.91 Å². The van der Waals surface area contributed by atoms with Gasteiger partial charge in [0.15, 0.2) is 11.5 Å². The molecule has 9 nitrogen and oxygen atoms in total. The van der Waals surface area contributed by atoms with Crippen molar-refractivity contribution in [3.8, 4) is 16.9 Å². The van der Waals surface area contributed by atoms with Gasteiger partial charge >= 0.3 is 0 Å². The molecule has 3 aromatic rings. The number of carbonyl (C=O) groups is 1. The average molecular weight is 502 g/mol. The van der Waals surface area contributed by atoms with Crippen molar-refractivity contribution in [3.63, 3.8) is 0 Å². The first kappa shape index (κ1) is 24.1. The lowest BCUT2D eigenvalue weighted by atomic mass is 10.1. The number of aromatic nitrogens is 2. The van der Waals surface area contributed by atoms with E-state index in [1.165, 1.54) is 16.5 Å². The Morgan fingerprint density at radius 3 is 2.56 bits per heavy atom. The average Bonchev–Trinajstić information content (AvgIpc) is 3.28. The number of carbonyl (C=O) groups excluding carboxylic acids is 1. The van der Waals surface area contributed by atoms with Crippen LogP contribution in [-0.4, -0.2) is 68.5 Å². The van der Waals surface area contributed by atoms with Crippen LogP contribution in [0.1, 0.15) is 22.3 Å². The number of piperazine rings is 1. The number of nitrogens with zero attached hydrogens (tertiary/aromatic N) is 4. The molecule has 180 valence electrons. The van der Waals surface area contributed by atoms with Crippen molar-refractivity contribution in [3.05, 3.63) is 58.4 Å². The summed E-state index contributed by atoms with van der Waals surface area (Å²) in [6.45, 7) is 6.86. The van der Waals surface area contributed by atoms with E-state index in [-0.39, 0.29) is 5.69 Å². The van der Waals surface area contributed by atoms with E-state index in [0.29, 0.717) is 12.4 Å². The number of hydrogen-bond acceptors (Lipinski definition) is 9. The summed E-state index contributed by atoms with van der Waals surface area (Å²) in [6.07, 6.45) is 0.920. The van der Waals surface area contributed by atoms with Gasteiger partial charge in [-0.05, 0) is 53.8 Å². The molecule has 1 N–H and O–H groups in total. The highest BCUT2D eigenvalue weighted by molar-refractivity contribution is 7.89. The minimum absolute atomic E-state index is 0.0342. The molecule has 1 saturated heterocycles. The van der Waals surface area contributed by atoms with Crippen LogP contribution in [0, 0.1) is 0 Å². The van der Waals surface area contributed by atoms with Crippen LogP contribution < -0.4 is 14.4 Å². The molecule has 1 aliphatic rings. The van der Waals surface area contributed by atoms with E-state index in [0.717, 1.165) is 50.3 Å². The van der Waals surface area contributed by atoms with Crippen LogP contribution in [0.3, 0.4) is 0 Å². The Morgan fingerprint density at radius 1 is 1.09 bits per heavy atom. The molecule has 0 radical (unpaired) electrons. The molecule has 0 saturated carbocycles. The summed E-state index contributed by atoms with van der Waals surface area (Å²) in [7, 11) is -3.64. The summed E-state index contributed by atoms with van der Waals surface area (Å²) >= 11 is 1.76. The van der Waals surface area contributed by atoms with Gasteiger partial charge in [-0.25, -0.2) is 13.1 Å². The van der Waals surface area contributed by atoms with Gasteiger partial charge in [0.1, 0.15) is 5.75 Å². The quantitative estimate of drug-likeness (QED) is 0.502. The lowest BCUT2D eigenvalue weighted by Gasteiger charge is -2.34. The Kier molecular flexibility index (Phi) is 7.44. The van der Waals surface area contributed by atoms with Crippen LogP contribution in [0.25, 0.3) is 11.1 Å². The first-order chi connectivity index (χ1) is 16.3. The first-order valence-corrected chi connectivity index (χ1v) is 13.7. The zero-order valence-electron chi connectivity index (χ0n) is 19.1. The first-order valence-electron chi connectivity index (χ1n) is 10.9. The molecule has 0 atom stereocenters. The van der Waals surface area contributed by atoms with Crippen molar-refractivity contribution in [2.24, 2.45) is 0 Å². The Morgan fingerprint density at radius 2 is 1.88 bits per heavy atom. The number of hydrogen-bond donors (Lipinski definition) is 1. The van der Waals surface area contributed by atoms with E-state index in [1.54, 1.807) is 17.4 Å². The highest BCUT2D eigenvalue weighted by Gasteiger charge is 2.20. The van der Waals surface area contributed by atoms with Crippen molar-refractivity contribution in [2.45, 2.75) is 13.5 Å². The summed E-state index contributed by atoms with van der Waals surface area (Å²) in [4.78, 5) is 17.7. The van der Waals surface area contributed by atoms with Crippen LogP contribution in [0.5, 0.6) is 5.75 Å². The topological polar surface area (TPSA) is 105 Å². The molecule has 2 aromatic heterocycles. The fourth-order valence-electron chi connectivity index (χ4n) is 3.74. The monoisotopic (exact) mass is 501 g/mol. The van der Waals surface area contributed by atoms with Crippen molar-refractivity contribution in [1.82, 2.24) is 19.8 Å². The minimum Gasteiger partial charge on any atom is -0.494 e. The fourth-order valence-corrected chi connectivity index (χ4v) is 5.11. The third-order valence-corrected chi connectivity index (χ3v) is 6.85. The van der Waals surface area contributed by atoms with Crippen LogP contribution in [0.4, 0.5) is 5.82 Å². The Bertz CT molecular complexity index is 1240. The maximum Gasteiger partial charge on any atom is 0.285 e. The summed E-state index contributed by atoms with van der Waals surface area (Å²) < 4.78 is 29.9. The number of rotatable bonds is 8. The third-order valence-electron chi connectivity index (χ3n) is 5.37. The molecular weight excluding hydrogens is 474 g/mol. The third kappa shape index (κ3) is 6.31. The lowest BCUT2D eigenvalue weighted by molar-refractivity contribution is 0.0976. The summed E-state index contributed by atoms with van der Waals surface area (Å²) in [5.74, 6) is 0.769. The van der Waals surface area contributed by atoms with Gasteiger partial charge < -0.3 is 9.64 Å². The smallest absolute Gasteiger partial charge is 0.285 e. The molecule has 1 fully saturated rings. The molecule has 34 heavy (non-hydrogen) atoms. The Labute approximate surface area is 203 Å². The maximum absolute atomic E-state index is 11.9. The Balaban J connectivity index is 1.31. The van der Waals surface area contributed by atoms with E-state index in [9.17, 15) is 13.2 Å². The van der Waals surface area contributed by atoms with E-state index < -0.39 is 15.9 Å². The summed E-state index contributed by atoms with van der Waals surface area (Å²) in [6, 6.07) is 13.6. The number of benzene rings is 1. The SMILES string of the molecule is CCOc1cccc(-c2csc(CN3CCN(c4ccc(C(=O)NS(C)(=O)=O)nn4)CC3)c2)c1. The second-order valence-corrected chi connectivity index (χ2v) is 10.8. The van der Waals surface area contributed by atoms with Crippen molar-refractivity contribution in [2.75, 3.05) is 43.9 Å². The summed E-state index contributed by atoms with van der Waals surface area (Å²) in [5, 5.41) is 10.2. The van der Waals surface area contributed by atoms with E-state index in [4.69, 9.17) is 4.74 Å². The second-order valence-electron chi connectivity index (χ2n) is 8.01. The van der Waals surface area contributed by atoms with Crippen LogP contribution in [0.2, 0.25) is 0 Å². The fraction of sp³-hybridized carbons (Fsp3) is 0.348. The zero-order valence-corrected chi connectivity index (χ0v) is 20.7. The maximum atomic E-state index is 11.9. The second kappa shape index (κ2) is 10.5. The number of ether oxygens (including phenoxy) is 1. The molecule has 0 aliphatic carbocycles. The lowest BCUT2D eigenvalue weighted by Crippen LogP contribution is -2.46. The molecule has 3 heterocycles. The van der Waals surface area contributed by atoms with Crippen molar-refractivity contribution >= 4 is 33.1 Å². The summed E-state index contributed by atoms with van der Waals surface area (Å²) in [5.41, 5.74) is 2.33. The van der Waals surface area contributed by atoms with E-state index in [1.807, 2.05) is 23.8 Å². The van der Waals surface area contributed by atoms with E-state index >= 15 is 0 Å². The minimum atomic E-state index is -3.64. The van der Waals surface area contributed by atoms with Gasteiger partial charge in [-0.15, -0.1) is 21.5 Å². The number of thiophene rings is 1. The van der Waals surface area contributed by atoms with E-state index in [2.05, 4.69) is 43.6 Å². The predicted octanol–water partition coefficient (Wildman–Crippen LogP) is 2.62. The van der Waals surface area contributed by atoms with Crippen molar-refractivity contribution in [1.29, 1.82) is 0 Å². The molecule has 0 spiro atoms. The normalized spacial score (nSPS) is 14.7. The van der Waals surface area contributed by atoms with Gasteiger partial charge in [0.2, 0.25) is 10.0 Å². The molecule has 0 unspecified atom stereocenters. The zero-order chi connectivity index (χ0) is 24.1. The van der Waals surface area contributed by atoms with Gasteiger partial charge in [-0.1, -0.05) is 12.1 Å². The molecule has 1 aromatic carbocycles. The highest BCUT2D eigenvalue weighted by Crippen LogP contribution is 2.29. The largest absolute Gasteiger partial charge is 0.494 e. The number of nitrogens with one attached hydrogen (secondary N) is 1. The van der Waals surface area contributed by atoms with Crippen LogP contribution in [-0.2, 0) is 16.6 Å². The van der Waals surface area contributed by atoms with Gasteiger partial charge in [0.05, 0.1) is 12.9 Å². The van der Waals surface area contributed by atoms with Gasteiger partial charge in [0, 0.05) is 37.6 Å². The van der Waals surface area contributed by atoms with Gasteiger partial charge in [-0.3, -0.25) is 9.69 Å². The van der Waals surface area contributed by atoms with Crippen molar-refractivity contribution < 1.29 is 17.9 Å². The molecule has 1 aliphatic heterocycles. The predicted molar refractivity (Wildman–Crippen MR) is 133 cm³/mol. The number of anilines is 1. The van der Waals surface area contributed by atoms with Crippen LogP contribution in [0.15, 0.2) is 47.8 Å².